The van der Waals surface area contributed by atoms with Gasteiger partial charge in [0.15, 0.2) is 5.82 Å². The first-order chi connectivity index (χ1) is 35.1. The number of hydrogen-bond acceptors (Lipinski definition) is 3. The average molecular weight is 901 g/mol. The van der Waals surface area contributed by atoms with Gasteiger partial charge in [0.2, 0.25) is 0 Å². The molecule has 0 fully saturated rings. The molecule has 328 valence electrons. The third kappa shape index (κ3) is 6.67. The van der Waals surface area contributed by atoms with Gasteiger partial charge in [-0.15, -0.1) is 0 Å². The number of benzene rings is 11. The van der Waals surface area contributed by atoms with Crippen LogP contribution >= 0.6 is 0 Å². The fourth-order valence-electron chi connectivity index (χ4n) is 11.0. The number of rotatable bonds is 7. The SMILES string of the molecule is N#Cc1ccc(-c2cccc(-c3ccc4c5c(ccc(-c6ccc7c8ccc(-c9cc(-c%10ccc%11ccccc%11c%10)nc(-c%10ccccc%10)n9)cc8n(-c8ccccc8)c7c6)c35)-c3ccccc3-4)c2)cc1. The van der Waals surface area contributed by atoms with Crippen molar-refractivity contribution in [2.75, 3.05) is 0 Å². The van der Waals surface area contributed by atoms with Crippen LogP contribution in [0, 0.1) is 11.3 Å². The molecule has 0 bridgehead atoms. The summed E-state index contributed by atoms with van der Waals surface area (Å²) in [6.07, 6.45) is 0. The molecular formula is C67H40N4. The van der Waals surface area contributed by atoms with E-state index in [0.29, 0.717) is 11.4 Å². The molecule has 0 aliphatic heterocycles. The van der Waals surface area contributed by atoms with Crippen LogP contribution in [0.4, 0.5) is 0 Å². The van der Waals surface area contributed by atoms with E-state index in [1.165, 1.54) is 65.7 Å². The van der Waals surface area contributed by atoms with Crippen molar-refractivity contribution in [3.05, 3.63) is 248 Å². The van der Waals surface area contributed by atoms with Crippen LogP contribution in [-0.4, -0.2) is 14.5 Å². The predicted octanol–water partition coefficient (Wildman–Crippen LogP) is 17.4. The molecule has 14 rings (SSSR count). The van der Waals surface area contributed by atoms with E-state index in [1.807, 2.05) is 42.5 Å². The maximum atomic E-state index is 9.50. The number of aromatic nitrogens is 3. The summed E-state index contributed by atoms with van der Waals surface area (Å²) in [6.45, 7) is 0. The zero-order valence-electron chi connectivity index (χ0n) is 38.4. The zero-order valence-corrected chi connectivity index (χ0v) is 38.4. The molecule has 0 spiro atoms. The van der Waals surface area contributed by atoms with Crippen molar-refractivity contribution >= 4 is 43.4 Å². The van der Waals surface area contributed by atoms with E-state index in [9.17, 15) is 5.26 Å². The summed E-state index contributed by atoms with van der Waals surface area (Å²) in [5.74, 6) is 0.688. The molecular weight excluding hydrogens is 861 g/mol. The molecule has 2 heterocycles. The van der Waals surface area contributed by atoms with Gasteiger partial charge < -0.3 is 4.57 Å². The number of fused-ring (bicyclic) bond motifs is 7. The maximum absolute atomic E-state index is 9.50. The van der Waals surface area contributed by atoms with E-state index < -0.39 is 0 Å². The normalized spacial score (nSPS) is 11.6. The van der Waals surface area contributed by atoms with Gasteiger partial charge >= 0.3 is 0 Å². The monoisotopic (exact) mass is 900 g/mol. The Balaban J connectivity index is 0.972. The van der Waals surface area contributed by atoms with E-state index in [-0.39, 0.29) is 0 Å². The van der Waals surface area contributed by atoms with E-state index in [2.05, 4.69) is 211 Å². The highest BCUT2D eigenvalue weighted by Crippen LogP contribution is 2.52. The van der Waals surface area contributed by atoms with Gasteiger partial charge in [0, 0.05) is 33.2 Å². The summed E-state index contributed by atoms with van der Waals surface area (Å²) in [7, 11) is 0. The van der Waals surface area contributed by atoms with Crippen molar-refractivity contribution in [3.63, 3.8) is 0 Å². The van der Waals surface area contributed by atoms with Crippen LogP contribution in [0.5, 0.6) is 0 Å². The zero-order chi connectivity index (χ0) is 47.0. The van der Waals surface area contributed by atoms with Crippen molar-refractivity contribution in [2.45, 2.75) is 0 Å². The second-order valence-electron chi connectivity index (χ2n) is 18.4. The van der Waals surface area contributed by atoms with Gasteiger partial charge in [-0.3, -0.25) is 0 Å². The number of para-hydroxylation sites is 1. The van der Waals surface area contributed by atoms with Gasteiger partial charge in [-0.1, -0.05) is 188 Å². The Hall–Kier alpha value is -9.69. The van der Waals surface area contributed by atoms with Gasteiger partial charge in [-0.05, 0) is 132 Å². The molecule has 1 aliphatic carbocycles. The summed E-state index contributed by atoms with van der Waals surface area (Å²) >= 11 is 0. The number of nitrogens with zero attached hydrogens (tertiary/aromatic N) is 4. The van der Waals surface area contributed by atoms with Crippen molar-refractivity contribution in [2.24, 2.45) is 0 Å². The third-order valence-electron chi connectivity index (χ3n) is 14.4. The van der Waals surface area contributed by atoms with Crippen molar-refractivity contribution in [1.29, 1.82) is 5.26 Å². The molecule has 0 radical (unpaired) electrons. The molecule has 1 aliphatic rings. The highest BCUT2D eigenvalue weighted by Gasteiger charge is 2.26. The van der Waals surface area contributed by atoms with E-state index in [0.717, 1.165) is 67.1 Å². The smallest absolute Gasteiger partial charge is 0.160 e. The standard InChI is InChI=1S/C67H40N4/c68-41-42-22-24-44(25-23-42)47-16-11-17-48(36-47)53-32-34-59-55-20-9-10-21-56(55)60-35-33-54(65(53)66(59)60)49-28-30-57-58-31-29-51(39-64(58)71(63(57)38-49)52-18-5-2-6-19-52)62-40-61(69-67(70-62)45-13-3-1-4-14-45)50-27-26-43-12-7-8-15-46(43)37-50/h1-40H. The van der Waals surface area contributed by atoms with Gasteiger partial charge in [-0.25, -0.2) is 9.97 Å². The first kappa shape index (κ1) is 40.4. The number of nitriles is 1. The summed E-state index contributed by atoms with van der Waals surface area (Å²) in [4.78, 5) is 10.5. The molecule has 4 nitrogen and oxygen atoms in total. The quantitative estimate of drug-likeness (QED) is 0.160. The lowest BCUT2D eigenvalue weighted by molar-refractivity contribution is 1.17. The van der Waals surface area contributed by atoms with Crippen molar-refractivity contribution in [3.8, 4) is 101 Å². The molecule has 71 heavy (non-hydrogen) atoms. The first-order valence-electron chi connectivity index (χ1n) is 24.0. The molecule has 13 aromatic rings. The van der Waals surface area contributed by atoms with Gasteiger partial charge in [0.05, 0.1) is 34.1 Å². The minimum Gasteiger partial charge on any atom is -0.309 e. The van der Waals surface area contributed by atoms with Gasteiger partial charge in [0.1, 0.15) is 0 Å². The molecule has 0 amide bonds. The van der Waals surface area contributed by atoms with Crippen LogP contribution in [-0.2, 0) is 0 Å². The Bertz CT molecular complexity index is 4300. The summed E-state index contributed by atoms with van der Waals surface area (Å²) in [5, 5.41) is 16.7. The Kier molecular flexibility index (Phi) is 9.23. The van der Waals surface area contributed by atoms with Crippen molar-refractivity contribution < 1.29 is 0 Å². The number of hydrogen-bond donors (Lipinski definition) is 0. The second kappa shape index (κ2) is 16.2. The second-order valence-corrected chi connectivity index (χ2v) is 18.4. The lowest BCUT2D eigenvalue weighted by Gasteiger charge is -2.16. The lowest BCUT2D eigenvalue weighted by atomic mass is 9.87. The molecule has 0 saturated carbocycles. The largest absolute Gasteiger partial charge is 0.309 e. The van der Waals surface area contributed by atoms with Crippen LogP contribution in [0.25, 0.3) is 139 Å². The molecule has 0 unspecified atom stereocenters. The van der Waals surface area contributed by atoms with E-state index >= 15 is 0 Å². The first-order valence-corrected chi connectivity index (χ1v) is 24.0. The van der Waals surface area contributed by atoms with Gasteiger partial charge in [-0.2, -0.15) is 5.26 Å². The van der Waals surface area contributed by atoms with Crippen LogP contribution in [0.15, 0.2) is 243 Å². The van der Waals surface area contributed by atoms with Crippen LogP contribution in [0.2, 0.25) is 0 Å². The molecule has 0 N–H and O–H groups in total. The lowest BCUT2D eigenvalue weighted by Crippen LogP contribution is -1.97. The topological polar surface area (TPSA) is 54.5 Å². The van der Waals surface area contributed by atoms with E-state index in [4.69, 9.17) is 9.97 Å². The Morgan fingerprint density at radius 1 is 0.324 bits per heavy atom. The van der Waals surface area contributed by atoms with Crippen LogP contribution in [0.3, 0.4) is 0 Å². The summed E-state index contributed by atoms with van der Waals surface area (Å²) in [6, 6.07) is 88.9. The fraction of sp³-hybridized carbons (Fsp3) is 0. The fourth-order valence-corrected chi connectivity index (χ4v) is 11.0. The Morgan fingerprint density at radius 3 is 1.52 bits per heavy atom. The highest BCUT2D eigenvalue weighted by atomic mass is 15.0. The molecule has 0 atom stereocenters. The van der Waals surface area contributed by atoms with Crippen molar-refractivity contribution in [1.82, 2.24) is 14.5 Å². The highest BCUT2D eigenvalue weighted by molar-refractivity contribution is 6.23. The average Bonchev–Trinajstić information content (AvgIpc) is 3.96. The van der Waals surface area contributed by atoms with Crippen LogP contribution < -0.4 is 0 Å². The predicted molar refractivity (Wildman–Crippen MR) is 293 cm³/mol. The minimum atomic E-state index is 0.653. The molecule has 2 aromatic heterocycles. The maximum Gasteiger partial charge on any atom is 0.160 e. The minimum absolute atomic E-state index is 0.653. The molecule has 11 aromatic carbocycles. The molecule has 0 saturated heterocycles. The third-order valence-corrected chi connectivity index (χ3v) is 14.4. The Labute approximate surface area is 410 Å². The van der Waals surface area contributed by atoms with Crippen LogP contribution in [0.1, 0.15) is 5.56 Å². The van der Waals surface area contributed by atoms with E-state index in [1.54, 1.807) is 0 Å². The Morgan fingerprint density at radius 2 is 0.831 bits per heavy atom. The molecule has 4 heteroatoms. The van der Waals surface area contributed by atoms with Gasteiger partial charge in [0.25, 0.3) is 0 Å². The summed E-state index contributed by atoms with van der Waals surface area (Å²) < 4.78 is 2.42. The summed E-state index contributed by atoms with van der Waals surface area (Å²) in [5.41, 5.74) is 20.6.